The highest BCUT2D eigenvalue weighted by atomic mass is 127. The van der Waals surface area contributed by atoms with Crippen molar-refractivity contribution in [3.05, 3.63) is 26.8 Å². The van der Waals surface area contributed by atoms with Crippen molar-refractivity contribution in [1.82, 2.24) is 5.32 Å². The van der Waals surface area contributed by atoms with Crippen molar-refractivity contribution in [2.24, 2.45) is 5.92 Å². The summed E-state index contributed by atoms with van der Waals surface area (Å²) in [5.74, 6) is 0.612. The van der Waals surface area contributed by atoms with E-state index in [-0.39, 0.29) is 0 Å². The Kier molecular flexibility index (Phi) is 5.37. The average molecular weight is 393 g/mol. The standard InChI is InChI=1S/C15H22ClIN2/c1-4-12-9-19(15(8-18-12)10(2)3)14-6-5-11(17)7-13(14)16/h5-7,10,12,15,18H,4,8-9H2,1-3H3. The minimum atomic E-state index is 0.514. The van der Waals surface area contributed by atoms with Gasteiger partial charge in [0.2, 0.25) is 0 Å². The van der Waals surface area contributed by atoms with Gasteiger partial charge < -0.3 is 10.2 Å². The first-order valence-corrected chi connectivity index (χ1v) is 8.43. The van der Waals surface area contributed by atoms with Gasteiger partial charge >= 0.3 is 0 Å². The van der Waals surface area contributed by atoms with E-state index in [2.05, 4.69) is 71.8 Å². The highest BCUT2D eigenvalue weighted by Gasteiger charge is 2.30. The first-order chi connectivity index (χ1) is 9.02. The van der Waals surface area contributed by atoms with Crippen molar-refractivity contribution < 1.29 is 0 Å². The molecule has 1 saturated heterocycles. The predicted octanol–water partition coefficient (Wildman–Crippen LogP) is 4.16. The Morgan fingerprint density at radius 2 is 2.21 bits per heavy atom. The van der Waals surface area contributed by atoms with Crippen LogP contribution in [0.3, 0.4) is 0 Å². The third-order valence-corrected chi connectivity index (χ3v) is 4.89. The molecule has 19 heavy (non-hydrogen) atoms. The van der Waals surface area contributed by atoms with E-state index < -0.39 is 0 Å². The fraction of sp³-hybridized carbons (Fsp3) is 0.600. The minimum Gasteiger partial charge on any atom is -0.364 e. The van der Waals surface area contributed by atoms with Crippen molar-refractivity contribution in [2.75, 3.05) is 18.0 Å². The van der Waals surface area contributed by atoms with Crippen LogP contribution in [0.1, 0.15) is 27.2 Å². The molecule has 0 amide bonds. The van der Waals surface area contributed by atoms with E-state index in [0.717, 1.165) is 24.5 Å². The first kappa shape index (κ1) is 15.4. The van der Waals surface area contributed by atoms with Crippen molar-refractivity contribution in [2.45, 2.75) is 39.3 Å². The summed E-state index contributed by atoms with van der Waals surface area (Å²) in [6, 6.07) is 7.43. The Balaban J connectivity index is 2.30. The lowest BCUT2D eigenvalue weighted by Gasteiger charge is -2.44. The van der Waals surface area contributed by atoms with Gasteiger partial charge in [-0.1, -0.05) is 32.4 Å². The molecule has 1 heterocycles. The molecule has 1 aromatic rings. The quantitative estimate of drug-likeness (QED) is 0.777. The molecule has 106 valence electrons. The van der Waals surface area contributed by atoms with Crippen LogP contribution in [0, 0.1) is 9.49 Å². The van der Waals surface area contributed by atoms with Crippen molar-refractivity contribution in [3.8, 4) is 0 Å². The molecule has 1 aliphatic heterocycles. The van der Waals surface area contributed by atoms with Gasteiger partial charge in [0.25, 0.3) is 0 Å². The summed E-state index contributed by atoms with van der Waals surface area (Å²) < 4.78 is 1.19. The van der Waals surface area contributed by atoms with E-state index >= 15 is 0 Å². The molecule has 2 atom stereocenters. The van der Waals surface area contributed by atoms with Crippen molar-refractivity contribution in [1.29, 1.82) is 0 Å². The molecule has 1 N–H and O–H groups in total. The summed E-state index contributed by atoms with van der Waals surface area (Å²) in [5.41, 5.74) is 1.18. The summed E-state index contributed by atoms with van der Waals surface area (Å²) in [6.07, 6.45) is 1.16. The van der Waals surface area contributed by atoms with Crippen LogP contribution < -0.4 is 10.2 Å². The second kappa shape index (κ2) is 6.64. The smallest absolute Gasteiger partial charge is 0.0650 e. The Hall–Kier alpha value is -0.000000000000000132. The van der Waals surface area contributed by atoms with Gasteiger partial charge in [0.15, 0.2) is 0 Å². The van der Waals surface area contributed by atoms with Crippen LogP contribution in [0.5, 0.6) is 0 Å². The summed E-state index contributed by atoms with van der Waals surface area (Å²) in [4.78, 5) is 2.49. The molecule has 0 aliphatic carbocycles. The second-order valence-corrected chi connectivity index (χ2v) is 7.23. The first-order valence-electron chi connectivity index (χ1n) is 6.98. The number of nitrogens with one attached hydrogen (secondary N) is 1. The fourth-order valence-corrected chi connectivity index (χ4v) is 3.66. The third kappa shape index (κ3) is 3.56. The number of rotatable bonds is 3. The van der Waals surface area contributed by atoms with Crippen LogP contribution in [0.2, 0.25) is 5.02 Å². The molecule has 1 aliphatic rings. The lowest BCUT2D eigenvalue weighted by molar-refractivity contribution is 0.333. The minimum absolute atomic E-state index is 0.514. The van der Waals surface area contributed by atoms with Crippen molar-refractivity contribution in [3.63, 3.8) is 0 Å². The average Bonchev–Trinajstić information content (AvgIpc) is 2.38. The maximum atomic E-state index is 6.46. The molecular formula is C15H22ClIN2. The lowest BCUT2D eigenvalue weighted by Crippen LogP contribution is -2.58. The molecule has 0 saturated carbocycles. The van der Waals surface area contributed by atoms with Crippen LogP contribution in [0.15, 0.2) is 18.2 Å². The number of benzene rings is 1. The van der Waals surface area contributed by atoms with Gasteiger partial charge in [-0.05, 0) is 53.1 Å². The summed E-state index contributed by atoms with van der Waals surface area (Å²) in [7, 11) is 0. The maximum absolute atomic E-state index is 6.46. The van der Waals surface area contributed by atoms with Crippen molar-refractivity contribution >= 4 is 39.9 Å². The molecule has 1 aromatic carbocycles. The van der Waals surface area contributed by atoms with Gasteiger partial charge in [-0.3, -0.25) is 0 Å². The Morgan fingerprint density at radius 3 is 2.79 bits per heavy atom. The van der Waals surface area contributed by atoms with E-state index in [1.807, 2.05) is 0 Å². The summed E-state index contributed by atoms with van der Waals surface area (Å²) in [5, 5.41) is 4.51. The number of halogens is 2. The molecule has 0 radical (unpaired) electrons. The highest BCUT2D eigenvalue weighted by Crippen LogP contribution is 2.32. The predicted molar refractivity (Wildman–Crippen MR) is 92.2 cm³/mol. The number of anilines is 1. The molecule has 2 nitrogen and oxygen atoms in total. The van der Waals surface area contributed by atoms with Gasteiger partial charge in [0.1, 0.15) is 0 Å². The second-order valence-electron chi connectivity index (χ2n) is 5.57. The molecule has 0 bridgehead atoms. The molecule has 2 unspecified atom stereocenters. The summed E-state index contributed by atoms with van der Waals surface area (Å²) >= 11 is 8.76. The van der Waals surface area contributed by atoms with Gasteiger partial charge in [0, 0.05) is 28.7 Å². The van der Waals surface area contributed by atoms with Crippen LogP contribution in [-0.4, -0.2) is 25.2 Å². The Morgan fingerprint density at radius 1 is 1.47 bits per heavy atom. The van der Waals surface area contributed by atoms with E-state index in [4.69, 9.17) is 11.6 Å². The van der Waals surface area contributed by atoms with Crippen LogP contribution in [0.25, 0.3) is 0 Å². The normalized spacial score (nSPS) is 24.0. The summed E-state index contributed by atoms with van der Waals surface area (Å²) in [6.45, 7) is 8.89. The van der Waals surface area contributed by atoms with E-state index in [1.54, 1.807) is 0 Å². The third-order valence-electron chi connectivity index (χ3n) is 3.91. The zero-order valence-electron chi connectivity index (χ0n) is 11.8. The van der Waals surface area contributed by atoms with Gasteiger partial charge in [-0.15, -0.1) is 0 Å². The van der Waals surface area contributed by atoms with E-state index in [1.165, 1.54) is 9.26 Å². The monoisotopic (exact) mass is 392 g/mol. The maximum Gasteiger partial charge on any atom is 0.0650 e. The highest BCUT2D eigenvalue weighted by molar-refractivity contribution is 14.1. The molecule has 2 rings (SSSR count). The molecule has 0 aromatic heterocycles. The molecule has 0 spiro atoms. The topological polar surface area (TPSA) is 15.3 Å². The number of hydrogen-bond acceptors (Lipinski definition) is 2. The molecule has 1 fully saturated rings. The Labute approximate surface area is 135 Å². The van der Waals surface area contributed by atoms with Crippen LogP contribution in [-0.2, 0) is 0 Å². The molecule has 4 heteroatoms. The Bertz CT molecular complexity index is 436. The number of hydrogen-bond donors (Lipinski definition) is 1. The van der Waals surface area contributed by atoms with Gasteiger partial charge in [-0.2, -0.15) is 0 Å². The lowest BCUT2D eigenvalue weighted by atomic mass is 9.97. The fourth-order valence-electron chi connectivity index (χ4n) is 2.70. The zero-order chi connectivity index (χ0) is 14.0. The SMILES string of the molecule is CCC1CN(c2ccc(I)cc2Cl)C(C(C)C)CN1. The number of piperazine rings is 1. The van der Waals surface area contributed by atoms with Crippen LogP contribution in [0.4, 0.5) is 5.69 Å². The largest absolute Gasteiger partial charge is 0.364 e. The van der Waals surface area contributed by atoms with Gasteiger partial charge in [0.05, 0.1) is 10.7 Å². The van der Waals surface area contributed by atoms with Crippen LogP contribution >= 0.6 is 34.2 Å². The van der Waals surface area contributed by atoms with E-state index in [9.17, 15) is 0 Å². The zero-order valence-corrected chi connectivity index (χ0v) is 14.7. The number of nitrogens with zero attached hydrogens (tertiary/aromatic N) is 1. The van der Waals surface area contributed by atoms with Gasteiger partial charge in [-0.25, -0.2) is 0 Å². The molecular weight excluding hydrogens is 371 g/mol. The van der Waals surface area contributed by atoms with E-state index in [0.29, 0.717) is 18.0 Å².